The van der Waals surface area contributed by atoms with E-state index in [0.717, 1.165) is 34.1 Å². The molecule has 4 nitrogen and oxygen atoms in total. The van der Waals surface area contributed by atoms with Crippen LogP contribution >= 0.6 is 0 Å². The molecule has 4 heteroatoms. The van der Waals surface area contributed by atoms with E-state index in [4.69, 9.17) is 20.9 Å². The van der Waals surface area contributed by atoms with Crippen LogP contribution in [0.1, 0.15) is 24.0 Å². The van der Waals surface area contributed by atoms with Crippen LogP contribution in [0.25, 0.3) is 0 Å². The van der Waals surface area contributed by atoms with Crippen LogP contribution in [0.15, 0.2) is 97.1 Å². The Kier molecular flexibility index (Phi) is 5.57. The minimum absolute atomic E-state index is 0.166. The molecule has 0 aliphatic heterocycles. The third-order valence-corrected chi connectivity index (χ3v) is 4.90. The zero-order valence-corrected chi connectivity index (χ0v) is 16.8. The normalized spacial score (nSPS) is 10.7. The van der Waals surface area contributed by atoms with Gasteiger partial charge in [0.05, 0.1) is 0 Å². The van der Waals surface area contributed by atoms with E-state index >= 15 is 0 Å². The second-order valence-corrected chi connectivity index (χ2v) is 7.22. The molecule has 0 aliphatic rings. The molecule has 4 N–H and O–H groups in total. The summed E-state index contributed by atoms with van der Waals surface area (Å²) in [5.74, 6) is 3.16. The van der Waals surface area contributed by atoms with Gasteiger partial charge in [-0.3, -0.25) is 0 Å². The van der Waals surface area contributed by atoms with Gasteiger partial charge in [-0.2, -0.15) is 0 Å². The molecule has 0 saturated carbocycles. The molecule has 0 atom stereocenters. The summed E-state index contributed by atoms with van der Waals surface area (Å²) in [5, 5.41) is 0. The minimum atomic E-state index is 0.166. The highest BCUT2D eigenvalue weighted by atomic mass is 16.5. The maximum absolute atomic E-state index is 5.98. The molecule has 4 aromatic rings. The van der Waals surface area contributed by atoms with Gasteiger partial charge in [0.2, 0.25) is 0 Å². The molecule has 0 spiro atoms. The Balaban J connectivity index is 1.53. The number of nitrogens with two attached hydrogens (primary N) is 2. The Labute approximate surface area is 176 Å². The molecule has 4 rings (SSSR count). The van der Waals surface area contributed by atoms with Crippen molar-refractivity contribution in [3.63, 3.8) is 0 Å². The van der Waals surface area contributed by atoms with Gasteiger partial charge in [-0.1, -0.05) is 43.3 Å². The van der Waals surface area contributed by atoms with Crippen molar-refractivity contribution in [2.45, 2.75) is 12.8 Å². The van der Waals surface area contributed by atoms with Gasteiger partial charge in [0.1, 0.15) is 23.0 Å². The average Bonchev–Trinajstić information content (AvgIpc) is 2.74. The van der Waals surface area contributed by atoms with Crippen LogP contribution in [0.5, 0.6) is 23.0 Å². The molecule has 0 aliphatic carbocycles. The number of hydrogen-bond donors (Lipinski definition) is 2. The summed E-state index contributed by atoms with van der Waals surface area (Å²) >= 11 is 0. The maximum atomic E-state index is 5.98. The van der Waals surface area contributed by atoms with Crippen LogP contribution in [0.4, 0.5) is 11.4 Å². The number of benzene rings is 4. The lowest BCUT2D eigenvalue weighted by Crippen LogP contribution is -1.97. The fourth-order valence-corrected chi connectivity index (χ4v) is 3.32. The summed E-state index contributed by atoms with van der Waals surface area (Å²) in [6.45, 7) is 2.17. The summed E-state index contributed by atoms with van der Waals surface area (Å²) in [6.07, 6.45) is 0. The molecule has 0 aromatic heterocycles. The predicted octanol–water partition coefficient (Wildman–Crippen LogP) is 6.59. The Morgan fingerprint density at radius 1 is 0.533 bits per heavy atom. The number of hydrogen-bond acceptors (Lipinski definition) is 4. The third-order valence-electron chi connectivity index (χ3n) is 4.90. The highest BCUT2D eigenvalue weighted by Crippen LogP contribution is 2.32. The van der Waals surface area contributed by atoms with Crippen LogP contribution < -0.4 is 20.9 Å². The summed E-state index contributed by atoms with van der Waals surface area (Å²) in [7, 11) is 0. The molecular weight excluding hydrogens is 372 g/mol. The molecule has 0 unspecified atom stereocenters. The van der Waals surface area contributed by atoms with Crippen molar-refractivity contribution < 1.29 is 9.47 Å². The van der Waals surface area contributed by atoms with Crippen molar-refractivity contribution in [1.29, 1.82) is 0 Å². The standard InChI is InChI=1S/C26H24N2O2/c1-18(19-6-2-10-23(14-19)29-25-12-4-8-21(27)16-25)20-7-3-11-24(15-20)30-26-13-5-9-22(28)17-26/h2-18H,27-28H2,1H3. The first-order valence-corrected chi connectivity index (χ1v) is 9.83. The molecule has 150 valence electrons. The van der Waals surface area contributed by atoms with Gasteiger partial charge in [-0.25, -0.2) is 0 Å². The van der Waals surface area contributed by atoms with Gasteiger partial charge >= 0.3 is 0 Å². The first kappa shape index (κ1) is 19.4. The van der Waals surface area contributed by atoms with Gasteiger partial charge in [0.15, 0.2) is 0 Å². The van der Waals surface area contributed by atoms with Crippen molar-refractivity contribution >= 4 is 11.4 Å². The van der Waals surface area contributed by atoms with Crippen LogP contribution in [0.3, 0.4) is 0 Å². The van der Waals surface area contributed by atoms with Gasteiger partial charge in [0.25, 0.3) is 0 Å². The quantitative estimate of drug-likeness (QED) is 0.361. The topological polar surface area (TPSA) is 70.5 Å². The third kappa shape index (κ3) is 4.73. The molecule has 0 heterocycles. The molecule has 30 heavy (non-hydrogen) atoms. The summed E-state index contributed by atoms with van der Waals surface area (Å²) in [4.78, 5) is 0. The number of rotatable bonds is 6. The number of nitrogen functional groups attached to an aromatic ring is 2. The second-order valence-electron chi connectivity index (χ2n) is 7.22. The van der Waals surface area contributed by atoms with Crippen molar-refractivity contribution in [2.75, 3.05) is 11.5 Å². The van der Waals surface area contributed by atoms with E-state index in [1.54, 1.807) is 0 Å². The van der Waals surface area contributed by atoms with E-state index < -0.39 is 0 Å². The SMILES string of the molecule is CC(c1cccc(Oc2cccc(N)c2)c1)c1cccc(Oc2cccc(N)c2)c1. The Morgan fingerprint density at radius 2 is 0.900 bits per heavy atom. The number of ether oxygens (including phenoxy) is 2. The van der Waals surface area contributed by atoms with Crippen LogP contribution in [0.2, 0.25) is 0 Å². The van der Waals surface area contributed by atoms with Crippen molar-refractivity contribution in [2.24, 2.45) is 0 Å². The van der Waals surface area contributed by atoms with E-state index in [9.17, 15) is 0 Å². The lowest BCUT2D eigenvalue weighted by molar-refractivity contribution is 0.481. The fourth-order valence-electron chi connectivity index (χ4n) is 3.32. The Bertz CT molecular complexity index is 1070. The smallest absolute Gasteiger partial charge is 0.129 e. The fraction of sp³-hybridized carbons (Fsp3) is 0.0769. The molecule has 0 bridgehead atoms. The maximum Gasteiger partial charge on any atom is 0.129 e. The van der Waals surface area contributed by atoms with Gasteiger partial charge in [0, 0.05) is 29.4 Å². The van der Waals surface area contributed by atoms with E-state index in [-0.39, 0.29) is 5.92 Å². The van der Waals surface area contributed by atoms with E-state index in [2.05, 4.69) is 31.2 Å². The van der Waals surface area contributed by atoms with Crippen LogP contribution in [0, 0.1) is 0 Å². The largest absolute Gasteiger partial charge is 0.457 e. The summed E-state index contributed by atoms with van der Waals surface area (Å²) < 4.78 is 12.0. The zero-order valence-electron chi connectivity index (χ0n) is 16.8. The first-order valence-electron chi connectivity index (χ1n) is 9.83. The van der Waals surface area contributed by atoms with Crippen LogP contribution in [-0.2, 0) is 0 Å². The highest BCUT2D eigenvalue weighted by Gasteiger charge is 2.11. The zero-order chi connectivity index (χ0) is 20.9. The molecule has 0 radical (unpaired) electrons. The van der Waals surface area contributed by atoms with E-state index in [1.165, 1.54) is 0 Å². The predicted molar refractivity (Wildman–Crippen MR) is 122 cm³/mol. The Morgan fingerprint density at radius 3 is 1.30 bits per heavy atom. The summed E-state index contributed by atoms with van der Waals surface area (Å²) in [5.41, 5.74) is 15.3. The van der Waals surface area contributed by atoms with Crippen molar-refractivity contribution in [3.8, 4) is 23.0 Å². The van der Waals surface area contributed by atoms with Gasteiger partial charge < -0.3 is 20.9 Å². The first-order chi connectivity index (χ1) is 14.6. The van der Waals surface area contributed by atoms with Crippen molar-refractivity contribution in [1.82, 2.24) is 0 Å². The van der Waals surface area contributed by atoms with Gasteiger partial charge in [-0.05, 0) is 59.7 Å². The van der Waals surface area contributed by atoms with Crippen LogP contribution in [-0.4, -0.2) is 0 Å². The Hall–Kier alpha value is -3.92. The molecule has 0 saturated heterocycles. The van der Waals surface area contributed by atoms with Gasteiger partial charge in [-0.15, -0.1) is 0 Å². The average molecular weight is 396 g/mol. The molecule has 4 aromatic carbocycles. The lowest BCUT2D eigenvalue weighted by Gasteiger charge is -2.16. The second kappa shape index (κ2) is 8.62. The number of anilines is 2. The summed E-state index contributed by atoms with van der Waals surface area (Å²) in [6, 6.07) is 31.0. The molecule has 0 amide bonds. The highest BCUT2D eigenvalue weighted by molar-refractivity contribution is 5.47. The lowest BCUT2D eigenvalue weighted by atomic mass is 9.93. The monoisotopic (exact) mass is 396 g/mol. The molecule has 0 fully saturated rings. The van der Waals surface area contributed by atoms with Crippen molar-refractivity contribution in [3.05, 3.63) is 108 Å². The molecular formula is C26H24N2O2. The van der Waals surface area contributed by atoms with E-state index in [0.29, 0.717) is 11.4 Å². The van der Waals surface area contributed by atoms with E-state index in [1.807, 2.05) is 72.8 Å². The minimum Gasteiger partial charge on any atom is -0.457 e.